The minimum Gasteiger partial charge on any atom is -0.461 e. The fraction of sp³-hybridized carbons (Fsp3) is 0.276. The molecule has 0 spiro atoms. The molecule has 9 nitrogen and oxygen atoms in total. The van der Waals surface area contributed by atoms with Gasteiger partial charge < -0.3 is 14.6 Å². The van der Waals surface area contributed by atoms with Crippen LogP contribution in [0.5, 0.6) is 0 Å². The highest BCUT2D eigenvalue weighted by Gasteiger charge is 2.28. The maximum atomic E-state index is 14.8. The Morgan fingerprint density at radius 2 is 1.98 bits per heavy atom. The predicted octanol–water partition coefficient (Wildman–Crippen LogP) is 5.20. The molecule has 0 radical (unpaired) electrons. The number of esters is 1. The number of carbonyl (C=O) groups excluding carboxylic acids is 2. The van der Waals surface area contributed by atoms with Gasteiger partial charge in [-0.25, -0.2) is 27.7 Å². The molecule has 2 aromatic heterocycles. The first-order valence-electron chi connectivity index (χ1n) is 13.1. The monoisotopic (exact) mass is 596 g/mol. The first-order valence-corrected chi connectivity index (χ1v) is 15.5. The number of carbonyl (C=O) groups is 2. The summed E-state index contributed by atoms with van der Waals surface area (Å²) < 4.78 is 45.5. The number of anilines is 1. The molecule has 1 aliphatic carbocycles. The van der Waals surface area contributed by atoms with E-state index in [-0.39, 0.29) is 24.8 Å². The minimum atomic E-state index is -4.21. The molecule has 214 valence electrons. The van der Waals surface area contributed by atoms with Gasteiger partial charge in [0.25, 0.3) is 0 Å². The Morgan fingerprint density at radius 1 is 1.20 bits per heavy atom. The topological polar surface area (TPSA) is 133 Å². The maximum Gasteiger partial charge on any atom is 0.357 e. The van der Waals surface area contributed by atoms with E-state index in [1.165, 1.54) is 30.4 Å². The van der Waals surface area contributed by atoms with Crippen molar-refractivity contribution >= 4 is 38.9 Å². The summed E-state index contributed by atoms with van der Waals surface area (Å²) in [4.78, 5) is 28.1. The summed E-state index contributed by atoms with van der Waals surface area (Å²) in [5.74, 6) is -1.14. The molecule has 2 heterocycles. The number of nitrogens with zero attached hydrogens (tertiary/aromatic N) is 2. The molecule has 0 saturated heterocycles. The summed E-state index contributed by atoms with van der Waals surface area (Å²) >= 11 is 1.34. The second kappa shape index (κ2) is 11.6. The lowest BCUT2D eigenvalue weighted by Crippen LogP contribution is -2.14. The highest BCUT2D eigenvalue weighted by Crippen LogP contribution is 2.41. The molecule has 1 aliphatic rings. The van der Waals surface area contributed by atoms with Crippen LogP contribution in [-0.4, -0.2) is 36.5 Å². The van der Waals surface area contributed by atoms with Crippen LogP contribution < -0.4 is 10.5 Å². The van der Waals surface area contributed by atoms with E-state index in [0.29, 0.717) is 22.2 Å². The number of amides is 1. The van der Waals surface area contributed by atoms with Crippen molar-refractivity contribution in [3.8, 4) is 21.8 Å². The third-order valence-corrected chi connectivity index (χ3v) is 8.55. The quantitative estimate of drug-likeness (QED) is 0.242. The van der Waals surface area contributed by atoms with E-state index in [2.05, 4.69) is 14.9 Å². The molecule has 4 aromatic rings. The fourth-order valence-electron chi connectivity index (χ4n) is 4.72. The van der Waals surface area contributed by atoms with Gasteiger partial charge in [0, 0.05) is 47.1 Å². The molecule has 12 heteroatoms. The Hall–Kier alpha value is -3.87. The van der Waals surface area contributed by atoms with E-state index in [9.17, 15) is 22.4 Å². The molecule has 1 amide bonds. The molecule has 3 N–H and O–H groups in total. The summed E-state index contributed by atoms with van der Waals surface area (Å²) in [6, 6.07) is 13.3. The number of sulfonamides is 1. The number of ether oxygens (including phenoxy) is 1. The van der Waals surface area contributed by atoms with Crippen LogP contribution in [0.3, 0.4) is 0 Å². The van der Waals surface area contributed by atoms with Crippen LogP contribution in [0, 0.1) is 11.7 Å². The van der Waals surface area contributed by atoms with Gasteiger partial charge in [-0.15, -0.1) is 11.3 Å². The molecule has 0 atom stereocenters. The van der Waals surface area contributed by atoms with Gasteiger partial charge in [-0.3, -0.25) is 4.79 Å². The number of nitrogens with one attached hydrogen (secondary N) is 1. The fourth-order valence-corrected chi connectivity index (χ4v) is 6.14. The summed E-state index contributed by atoms with van der Waals surface area (Å²) in [6.45, 7) is 3.65. The molecule has 0 aliphatic heterocycles. The Balaban J connectivity index is 1.66. The number of hydrogen-bond donors (Lipinski definition) is 2. The number of halogens is 1. The standard InChI is InChI=1S/C29H29FN4O5S2/c1-3-39-29(36)24-16-40-28(33-24)22-14-25(20-5-4-6-21(13-20)32-17(2)35)34(26(22)12-18-7-8-18)15-19-9-10-27(23(30)11-19)41(31,37)38/h4-6,9-11,13-14,16,18H,3,7-8,12,15H2,1-2H3,(H,32,35)(H2,31,37,38). The van der Waals surface area contributed by atoms with Gasteiger partial charge in [0.2, 0.25) is 15.9 Å². The molecule has 5 rings (SSSR count). The molecule has 0 bridgehead atoms. The van der Waals surface area contributed by atoms with E-state index >= 15 is 0 Å². The summed E-state index contributed by atoms with van der Waals surface area (Å²) in [5, 5.41) is 10.3. The van der Waals surface area contributed by atoms with E-state index in [4.69, 9.17) is 9.88 Å². The molecular weight excluding hydrogens is 567 g/mol. The van der Waals surface area contributed by atoms with Gasteiger partial charge in [0.05, 0.1) is 6.61 Å². The molecule has 0 unspecified atom stereocenters. The Labute approximate surface area is 241 Å². The minimum absolute atomic E-state index is 0.202. The van der Waals surface area contributed by atoms with Crippen LogP contribution >= 0.6 is 11.3 Å². The lowest BCUT2D eigenvalue weighted by Gasteiger charge is -2.16. The van der Waals surface area contributed by atoms with E-state index in [1.54, 1.807) is 24.4 Å². The molecule has 1 saturated carbocycles. The zero-order valence-electron chi connectivity index (χ0n) is 22.5. The lowest BCUT2D eigenvalue weighted by atomic mass is 10.1. The highest BCUT2D eigenvalue weighted by molar-refractivity contribution is 7.89. The van der Waals surface area contributed by atoms with Crippen LogP contribution in [0.15, 0.2) is 58.8 Å². The average molecular weight is 597 g/mol. The van der Waals surface area contributed by atoms with Gasteiger partial charge in [-0.2, -0.15) is 0 Å². The summed E-state index contributed by atoms with van der Waals surface area (Å²) in [7, 11) is -4.21. The van der Waals surface area contributed by atoms with Gasteiger partial charge >= 0.3 is 5.97 Å². The van der Waals surface area contributed by atoms with Crippen LogP contribution in [-0.2, 0) is 32.5 Å². The van der Waals surface area contributed by atoms with Crippen molar-refractivity contribution in [2.24, 2.45) is 11.1 Å². The van der Waals surface area contributed by atoms with Crippen LogP contribution in [0.1, 0.15) is 48.4 Å². The SMILES string of the molecule is CCOC(=O)c1csc(-c2cc(-c3cccc(NC(C)=O)c3)n(Cc3ccc(S(N)(=O)=O)c(F)c3)c2CC2CC2)n1. The first-order chi connectivity index (χ1) is 19.5. The van der Waals surface area contributed by atoms with Crippen molar-refractivity contribution in [3.05, 3.63) is 76.7 Å². The maximum absolute atomic E-state index is 14.8. The number of nitrogens with two attached hydrogens (primary N) is 1. The third kappa shape index (κ3) is 6.55. The average Bonchev–Trinajstić information content (AvgIpc) is 3.46. The Kier molecular flexibility index (Phi) is 8.07. The van der Waals surface area contributed by atoms with Crippen molar-refractivity contribution in [2.45, 2.75) is 44.6 Å². The zero-order valence-corrected chi connectivity index (χ0v) is 24.1. The number of hydrogen-bond acceptors (Lipinski definition) is 7. The third-order valence-electron chi connectivity index (χ3n) is 6.73. The number of rotatable bonds is 10. The van der Waals surface area contributed by atoms with Crippen LogP contribution in [0.2, 0.25) is 0 Å². The highest BCUT2D eigenvalue weighted by atomic mass is 32.2. The number of primary sulfonamides is 1. The van der Waals surface area contributed by atoms with Crippen molar-refractivity contribution in [1.29, 1.82) is 0 Å². The van der Waals surface area contributed by atoms with Gasteiger partial charge in [-0.1, -0.05) is 18.2 Å². The number of aromatic nitrogens is 2. The Bertz CT molecular complexity index is 1740. The van der Waals surface area contributed by atoms with Gasteiger partial charge in [0.1, 0.15) is 15.7 Å². The molecule has 1 fully saturated rings. The largest absolute Gasteiger partial charge is 0.461 e. The van der Waals surface area contributed by atoms with E-state index in [1.807, 2.05) is 24.3 Å². The zero-order chi connectivity index (χ0) is 29.3. The van der Waals surface area contributed by atoms with E-state index in [0.717, 1.165) is 41.8 Å². The molecule has 41 heavy (non-hydrogen) atoms. The summed E-state index contributed by atoms with van der Waals surface area (Å²) in [6.07, 6.45) is 2.91. The molecule has 2 aromatic carbocycles. The number of benzene rings is 2. The number of thiazole rings is 1. The van der Waals surface area contributed by atoms with Crippen LogP contribution in [0.25, 0.3) is 21.8 Å². The Morgan fingerprint density at radius 3 is 2.63 bits per heavy atom. The van der Waals surface area contributed by atoms with E-state index < -0.39 is 26.7 Å². The predicted molar refractivity (Wildman–Crippen MR) is 155 cm³/mol. The van der Waals surface area contributed by atoms with Crippen molar-refractivity contribution in [3.63, 3.8) is 0 Å². The van der Waals surface area contributed by atoms with Gasteiger partial charge in [-0.05, 0) is 68.0 Å². The second-order valence-corrected chi connectivity index (χ2v) is 12.3. The van der Waals surface area contributed by atoms with Gasteiger partial charge in [0.15, 0.2) is 5.69 Å². The lowest BCUT2D eigenvalue weighted by molar-refractivity contribution is -0.114. The van der Waals surface area contributed by atoms with Crippen molar-refractivity contribution in [2.75, 3.05) is 11.9 Å². The first kappa shape index (κ1) is 28.7. The van der Waals surface area contributed by atoms with Crippen LogP contribution in [0.4, 0.5) is 10.1 Å². The second-order valence-electron chi connectivity index (χ2n) is 9.95. The summed E-state index contributed by atoms with van der Waals surface area (Å²) in [5.41, 5.74) is 4.81. The normalized spacial score (nSPS) is 13.3. The molecular formula is C29H29FN4O5S2. The van der Waals surface area contributed by atoms with Crippen molar-refractivity contribution < 1.29 is 27.1 Å². The van der Waals surface area contributed by atoms with Crippen molar-refractivity contribution in [1.82, 2.24) is 9.55 Å². The smallest absolute Gasteiger partial charge is 0.357 e.